The van der Waals surface area contributed by atoms with Gasteiger partial charge in [-0.05, 0) is 25.8 Å². The Bertz CT molecular complexity index is 1150. The maximum absolute atomic E-state index is 13.8. The van der Waals surface area contributed by atoms with Crippen LogP contribution in [0.5, 0.6) is 5.75 Å². The molecule has 2 amide bonds. The topological polar surface area (TPSA) is 101 Å². The van der Waals surface area contributed by atoms with Crippen molar-refractivity contribution in [1.29, 1.82) is 0 Å². The van der Waals surface area contributed by atoms with Crippen LogP contribution in [0.25, 0.3) is 0 Å². The minimum atomic E-state index is -1.00. The van der Waals surface area contributed by atoms with Crippen molar-refractivity contribution < 1.29 is 28.2 Å². The molecule has 2 aliphatic rings. The fourth-order valence-electron chi connectivity index (χ4n) is 4.32. The fourth-order valence-corrected chi connectivity index (χ4v) is 4.32. The van der Waals surface area contributed by atoms with Crippen LogP contribution in [-0.4, -0.2) is 44.8 Å². The van der Waals surface area contributed by atoms with Crippen molar-refractivity contribution in [1.82, 2.24) is 14.8 Å². The van der Waals surface area contributed by atoms with Crippen molar-refractivity contribution in [3.05, 3.63) is 63.1 Å². The monoisotopic (exact) mass is 447 g/mol. The van der Waals surface area contributed by atoms with E-state index in [0.717, 1.165) is 6.07 Å². The second-order valence-electron chi connectivity index (χ2n) is 8.05. The number of fused-ring (bicyclic) bond motifs is 2. The number of benzene rings is 1. The highest BCUT2D eigenvalue weighted by molar-refractivity contribution is 5.99. The number of nitrogens with zero attached hydrogens (tertiary/aromatic N) is 2. The van der Waals surface area contributed by atoms with E-state index in [2.05, 4.69) is 5.32 Å². The molecule has 10 heteroatoms. The van der Waals surface area contributed by atoms with Crippen LogP contribution < -0.4 is 10.7 Å². The molecule has 1 aromatic heterocycles. The molecule has 1 fully saturated rings. The number of halogens is 2. The van der Waals surface area contributed by atoms with E-state index in [9.17, 15) is 28.3 Å². The molecule has 0 radical (unpaired) electrons. The van der Waals surface area contributed by atoms with Gasteiger partial charge in [-0.1, -0.05) is 13.0 Å². The van der Waals surface area contributed by atoms with E-state index in [1.54, 1.807) is 4.90 Å². The molecule has 0 unspecified atom stereocenters. The van der Waals surface area contributed by atoms with Gasteiger partial charge >= 0.3 is 0 Å². The summed E-state index contributed by atoms with van der Waals surface area (Å²) in [6, 6.07) is 2.83. The summed E-state index contributed by atoms with van der Waals surface area (Å²) in [5.74, 6) is -3.80. The predicted molar refractivity (Wildman–Crippen MR) is 109 cm³/mol. The van der Waals surface area contributed by atoms with Crippen molar-refractivity contribution in [3.63, 3.8) is 0 Å². The van der Waals surface area contributed by atoms with Crippen molar-refractivity contribution >= 4 is 11.8 Å². The van der Waals surface area contributed by atoms with Gasteiger partial charge in [0.05, 0.1) is 12.6 Å². The fraction of sp³-hybridized carbons (Fsp3) is 0.409. The quantitative estimate of drug-likeness (QED) is 0.748. The van der Waals surface area contributed by atoms with Gasteiger partial charge in [-0.25, -0.2) is 8.78 Å². The van der Waals surface area contributed by atoms with Crippen molar-refractivity contribution in [2.45, 2.75) is 58.2 Å². The smallest absolute Gasteiger partial charge is 0.276 e. The zero-order valence-electron chi connectivity index (χ0n) is 17.6. The van der Waals surface area contributed by atoms with Crippen molar-refractivity contribution in [2.75, 3.05) is 0 Å². The first-order valence-corrected chi connectivity index (χ1v) is 10.4. The number of nitrogens with one attached hydrogen (secondary N) is 1. The Morgan fingerprint density at radius 1 is 1.31 bits per heavy atom. The molecule has 0 saturated carbocycles. The number of aromatic hydroxyl groups is 1. The van der Waals surface area contributed by atoms with Crippen LogP contribution in [-0.2, 0) is 17.8 Å². The van der Waals surface area contributed by atoms with Crippen molar-refractivity contribution in [3.8, 4) is 5.75 Å². The summed E-state index contributed by atoms with van der Waals surface area (Å²) in [6.45, 7) is 3.71. The normalized spacial score (nSPS) is 22.3. The van der Waals surface area contributed by atoms with E-state index in [4.69, 9.17) is 4.74 Å². The first-order valence-electron chi connectivity index (χ1n) is 10.4. The van der Waals surface area contributed by atoms with Crippen molar-refractivity contribution in [2.24, 2.45) is 0 Å². The molecule has 3 heterocycles. The molecule has 1 saturated heterocycles. The van der Waals surface area contributed by atoms with Gasteiger partial charge in [0.1, 0.15) is 17.2 Å². The molecular formula is C22H23F2N3O5. The largest absolute Gasteiger partial charge is 0.503 e. The highest BCUT2D eigenvalue weighted by atomic mass is 19.1. The lowest BCUT2D eigenvalue weighted by atomic mass is 10.00. The molecule has 1 aromatic carbocycles. The van der Waals surface area contributed by atoms with Gasteiger partial charge in [-0.2, -0.15) is 0 Å². The number of carbonyl (C=O) groups is 2. The molecule has 0 bridgehead atoms. The summed E-state index contributed by atoms with van der Waals surface area (Å²) in [6.07, 6.45) is 1.88. The molecular weight excluding hydrogens is 424 g/mol. The number of hydrogen-bond acceptors (Lipinski definition) is 5. The number of pyridine rings is 1. The van der Waals surface area contributed by atoms with Gasteiger partial charge in [0.25, 0.3) is 11.8 Å². The van der Waals surface area contributed by atoms with E-state index < -0.39 is 46.4 Å². The molecule has 0 spiro atoms. The highest BCUT2D eigenvalue weighted by Gasteiger charge is 2.43. The van der Waals surface area contributed by atoms with Crippen LogP contribution in [0.3, 0.4) is 0 Å². The van der Waals surface area contributed by atoms with Gasteiger partial charge in [-0.3, -0.25) is 14.4 Å². The first-order chi connectivity index (χ1) is 15.2. The Kier molecular flexibility index (Phi) is 5.72. The Morgan fingerprint density at radius 2 is 2.06 bits per heavy atom. The number of aromatic nitrogens is 1. The molecule has 2 aromatic rings. The molecule has 2 N–H and O–H groups in total. The van der Waals surface area contributed by atoms with E-state index >= 15 is 0 Å². The standard InChI is InChI=1S/C22H23F2N3O5/c1-3-14-6-11(2)32-17-10-26-9-15(19(28)20(29)18(26)22(31)27(14)17)21(30)25-8-12-4-5-13(23)7-16(12)24/h4-5,7,9,11,14,17,29H,3,6,8,10H2,1-2H3,(H,25,30)/t11-,14+,17-/m0/s1. The van der Waals surface area contributed by atoms with Gasteiger partial charge in [0, 0.05) is 30.4 Å². The van der Waals surface area contributed by atoms with Crippen LogP contribution in [0.2, 0.25) is 0 Å². The lowest BCUT2D eigenvalue weighted by Gasteiger charge is -2.47. The zero-order chi connectivity index (χ0) is 23.2. The maximum atomic E-state index is 13.8. The molecule has 170 valence electrons. The molecule has 3 atom stereocenters. The molecule has 2 aliphatic heterocycles. The minimum absolute atomic E-state index is 0.0306. The summed E-state index contributed by atoms with van der Waals surface area (Å²) in [5, 5.41) is 12.9. The third-order valence-electron chi connectivity index (χ3n) is 5.91. The third-order valence-corrected chi connectivity index (χ3v) is 5.91. The average Bonchev–Trinajstić information content (AvgIpc) is 2.74. The summed E-state index contributed by atoms with van der Waals surface area (Å²) < 4.78 is 34.1. The average molecular weight is 447 g/mol. The SMILES string of the molecule is CC[C@@H]1C[C@H](C)O[C@H]2Cn3cc(C(=O)NCc4ccc(F)cc4F)c(=O)c(O)c3C(=O)N12. The lowest BCUT2D eigenvalue weighted by molar-refractivity contribution is -0.150. The second kappa shape index (κ2) is 8.34. The van der Waals surface area contributed by atoms with Gasteiger partial charge in [0.2, 0.25) is 5.43 Å². The lowest BCUT2D eigenvalue weighted by Crippen LogP contribution is -2.59. The van der Waals surface area contributed by atoms with Gasteiger partial charge < -0.3 is 24.6 Å². The Balaban J connectivity index is 1.63. The summed E-state index contributed by atoms with van der Waals surface area (Å²) in [4.78, 5) is 39.9. The second-order valence-corrected chi connectivity index (χ2v) is 8.05. The van der Waals surface area contributed by atoms with E-state index in [1.165, 1.54) is 16.8 Å². The molecule has 0 aliphatic carbocycles. The van der Waals surface area contributed by atoms with Gasteiger partial charge in [0.15, 0.2) is 17.7 Å². The Hall–Kier alpha value is -3.27. The van der Waals surface area contributed by atoms with E-state index in [1.807, 2.05) is 13.8 Å². The van der Waals surface area contributed by atoms with Crippen LogP contribution in [0.4, 0.5) is 8.78 Å². The number of ether oxygens (including phenoxy) is 1. The zero-order valence-corrected chi connectivity index (χ0v) is 17.6. The van der Waals surface area contributed by atoms with Crippen LogP contribution in [0.1, 0.15) is 53.1 Å². The number of carbonyl (C=O) groups excluding carboxylic acids is 2. The van der Waals surface area contributed by atoms with Crippen LogP contribution >= 0.6 is 0 Å². The Labute approximate surface area is 182 Å². The van der Waals surface area contributed by atoms with Crippen LogP contribution in [0, 0.1) is 11.6 Å². The molecule has 4 rings (SSSR count). The van der Waals surface area contributed by atoms with E-state index in [-0.39, 0.29) is 36.5 Å². The predicted octanol–water partition coefficient (Wildman–Crippen LogP) is 2.13. The van der Waals surface area contributed by atoms with Gasteiger partial charge in [-0.15, -0.1) is 0 Å². The third kappa shape index (κ3) is 3.75. The maximum Gasteiger partial charge on any atom is 0.276 e. The number of rotatable bonds is 4. The summed E-state index contributed by atoms with van der Waals surface area (Å²) in [5.41, 5.74) is -1.56. The van der Waals surface area contributed by atoms with E-state index in [0.29, 0.717) is 18.9 Å². The first kappa shape index (κ1) is 21.9. The number of amides is 2. The molecule has 8 nitrogen and oxygen atoms in total. The highest BCUT2D eigenvalue weighted by Crippen LogP contribution is 2.32. The summed E-state index contributed by atoms with van der Waals surface area (Å²) in [7, 11) is 0. The molecule has 32 heavy (non-hydrogen) atoms. The minimum Gasteiger partial charge on any atom is -0.503 e. The van der Waals surface area contributed by atoms with Crippen LogP contribution in [0.15, 0.2) is 29.2 Å². The summed E-state index contributed by atoms with van der Waals surface area (Å²) >= 11 is 0. The Morgan fingerprint density at radius 3 is 2.75 bits per heavy atom. The number of hydrogen-bond donors (Lipinski definition) is 2.